The maximum absolute atomic E-state index is 14.2. The fourth-order valence-electron chi connectivity index (χ4n) is 4.97. The van der Waals surface area contributed by atoms with Crippen LogP contribution in [0.3, 0.4) is 0 Å². The molecule has 1 aliphatic carbocycles. The molecule has 32 heavy (non-hydrogen) atoms. The lowest BCUT2D eigenvalue weighted by Crippen LogP contribution is -2.55. The summed E-state index contributed by atoms with van der Waals surface area (Å²) in [5, 5.41) is 20.2. The maximum Gasteiger partial charge on any atom is 0.428 e. The van der Waals surface area contributed by atoms with Gasteiger partial charge in [-0.05, 0) is 24.3 Å². The van der Waals surface area contributed by atoms with Crippen LogP contribution in [0.15, 0.2) is 36.4 Å². The first-order valence-corrected chi connectivity index (χ1v) is 10.2. The first kappa shape index (κ1) is 20.7. The highest BCUT2D eigenvalue weighted by Crippen LogP contribution is 2.57. The molecule has 2 heterocycles. The molecule has 7 nitrogen and oxygen atoms in total. The Morgan fingerprint density at radius 1 is 1.22 bits per heavy atom. The van der Waals surface area contributed by atoms with Crippen molar-refractivity contribution in [2.75, 3.05) is 6.61 Å². The summed E-state index contributed by atoms with van der Waals surface area (Å²) in [7, 11) is 0. The molecule has 1 amide bonds. The second-order valence-corrected chi connectivity index (χ2v) is 9.05. The molecule has 3 aromatic rings. The lowest BCUT2D eigenvalue weighted by molar-refractivity contribution is -0.206. The molecule has 1 aliphatic heterocycles. The van der Waals surface area contributed by atoms with Crippen molar-refractivity contribution in [1.29, 1.82) is 0 Å². The fraction of sp³-hybridized carbons (Fsp3) is 0.348. The van der Waals surface area contributed by atoms with Crippen LogP contribution in [0.2, 0.25) is 0 Å². The minimum Gasteiger partial charge on any atom is -0.507 e. The minimum atomic E-state index is -1.29. The second kappa shape index (κ2) is 6.91. The number of hydrogen-bond acceptors (Lipinski definition) is 4. The van der Waals surface area contributed by atoms with Crippen molar-refractivity contribution in [3.8, 4) is 11.4 Å². The van der Waals surface area contributed by atoms with Gasteiger partial charge in [-0.1, -0.05) is 19.9 Å². The molecule has 2 aliphatic rings. The Labute approximate surface area is 182 Å². The van der Waals surface area contributed by atoms with E-state index in [-0.39, 0.29) is 5.75 Å². The first-order valence-electron chi connectivity index (χ1n) is 10.2. The van der Waals surface area contributed by atoms with Gasteiger partial charge in [-0.25, -0.2) is 13.6 Å². The van der Waals surface area contributed by atoms with Gasteiger partial charge in [0, 0.05) is 46.7 Å². The van der Waals surface area contributed by atoms with E-state index in [4.69, 9.17) is 14.7 Å². The molecule has 5 rings (SSSR count). The van der Waals surface area contributed by atoms with Gasteiger partial charge in [0.15, 0.2) is 11.6 Å². The van der Waals surface area contributed by atoms with Crippen LogP contribution in [0, 0.1) is 11.6 Å². The zero-order chi connectivity index (χ0) is 22.8. The van der Waals surface area contributed by atoms with Crippen LogP contribution >= 0.6 is 0 Å². The normalized spacial score (nSPS) is 23.7. The number of hydroxylamine groups is 1. The number of nitrogens with one attached hydrogen (secondary N) is 1. The van der Waals surface area contributed by atoms with Crippen molar-refractivity contribution in [3.05, 3.63) is 59.3 Å². The highest BCUT2D eigenvalue weighted by Gasteiger charge is 2.56. The summed E-state index contributed by atoms with van der Waals surface area (Å²) in [5.41, 5.74) is 3.30. The highest BCUT2D eigenvalue weighted by molar-refractivity contribution is 5.94. The van der Waals surface area contributed by atoms with Crippen LogP contribution in [-0.2, 0) is 20.6 Å². The zero-order valence-corrected chi connectivity index (χ0v) is 17.5. The van der Waals surface area contributed by atoms with Crippen LogP contribution in [0.1, 0.15) is 37.9 Å². The average Bonchev–Trinajstić information content (AvgIpc) is 3.06. The molecule has 1 aromatic heterocycles. The highest BCUT2D eigenvalue weighted by atomic mass is 19.2. The van der Waals surface area contributed by atoms with Crippen LogP contribution < -0.4 is 5.48 Å². The van der Waals surface area contributed by atoms with Gasteiger partial charge in [0.25, 0.3) is 0 Å². The number of nitrogens with zero attached hydrogens (tertiary/aromatic N) is 1. The van der Waals surface area contributed by atoms with Gasteiger partial charge in [-0.3, -0.25) is 4.84 Å². The van der Waals surface area contributed by atoms with E-state index in [1.54, 1.807) is 12.1 Å². The van der Waals surface area contributed by atoms with Crippen molar-refractivity contribution >= 4 is 17.0 Å². The van der Waals surface area contributed by atoms with Crippen molar-refractivity contribution in [2.45, 2.75) is 43.8 Å². The lowest BCUT2D eigenvalue weighted by atomic mass is 9.67. The lowest BCUT2D eigenvalue weighted by Gasteiger charge is -2.52. The molecule has 3 N–H and O–H groups in total. The maximum atomic E-state index is 14.2. The molecule has 0 atom stereocenters. The Morgan fingerprint density at radius 2 is 1.97 bits per heavy atom. The average molecular weight is 444 g/mol. The number of phenolic OH excluding ortho intramolecular Hbond substituents is 1. The molecule has 0 saturated heterocycles. The number of benzene rings is 2. The smallest absolute Gasteiger partial charge is 0.428 e. The fourth-order valence-corrected chi connectivity index (χ4v) is 4.97. The van der Waals surface area contributed by atoms with Gasteiger partial charge < -0.3 is 19.5 Å². The van der Waals surface area contributed by atoms with Crippen molar-refractivity contribution in [2.24, 2.45) is 0 Å². The molecule has 168 valence electrons. The molecule has 1 fully saturated rings. The third-order valence-electron chi connectivity index (χ3n) is 6.37. The number of aromatic hydroxyl groups is 1. The standard InChI is InChI=1S/C23H22F2N2O5/c1-22(2)11-31-23(9-13(10-23)32-26-21(29)30)19-18-16(4-3-5-17(18)28)27(20(19)22)12-6-7-14(24)15(25)8-12/h3-8,13,26,28H,9-11H2,1-2H3,(H,29,30)/t13-,23+. The Balaban J connectivity index is 1.74. The number of phenols is 1. The van der Waals surface area contributed by atoms with Crippen LogP contribution in [-0.4, -0.2) is 33.6 Å². The summed E-state index contributed by atoms with van der Waals surface area (Å²) < 4.78 is 36.0. The Morgan fingerprint density at radius 3 is 2.66 bits per heavy atom. The monoisotopic (exact) mass is 444 g/mol. The van der Waals surface area contributed by atoms with Gasteiger partial charge in [-0.2, -0.15) is 5.48 Å². The SMILES string of the molecule is CC1(C)CO[C@]2(C[C@@H](ONC(=O)O)C2)c2c1n(-c1ccc(F)c(F)c1)c1cccc(O)c12. The molecular formula is C23H22F2N2O5. The van der Waals surface area contributed by atoms with Crippen molar-refractivity contribution in [1.82, 2.24) is 10.0 Å². The van der Waals surface area contributed by atoms with Crippen molar-refractivity contribution in [3.63, 3.8) is 0 Å². The quantitative estimate of drug-likeness (QED) is 0.518. The van der Waals surface area contributed by atoms with E-state index in [0.717, 1.165) is 23.4 Å². The van der Waals surface area contributed by atoms with Crippen molar-refractivity contribution < 1.29 is 33.4 Å². The second-order valence-electron chi connectivity index (χ2n) is 9.05. The van der Waals surface area contributed by atoms with E-state index in [0.29, 0.717) is 36.0 Å². The van der Waals surface area contributed by atoms with Crippen LogP contribution in [0.25, 0.3) is 16.6 Å². The number of aromatic nitrogens is 1. The largest absolute Gasteiger partial charge is 0.507 e. The van der Waals surface area contributed by atoms with E-state index in [2.05, 4.69) is 0 Å². The van der Waals surface area contributed by atoms with E-state index in [1.807, 2.05) is 30.0 Å². The third kappa shape index (κ3) is 2.96. The number of carbonyl (C=O) groups is 1. The van der Waals surface area contributed by atoms with E-state index in [9.17, 15) is 18.7 Å². The minimum absolute atomic E-state index is 0.0498. The zero-order valence-electron chi connectivity index (χ0n) is 17.5. The molecule has 1 saturated carbocycles. The number of ether oxygens (including phenoxy) is 1. The number of hydrogen-bond donors (Lipinski definition) is 3. The topological polar surface area (TPSA) is 93.0 Å². The predicted octanol–water partition coefficient (Wildman–Crippen LogP) is 4.48. The number of rotatable bonds is 3. The molecule has 0 radical (unpaired) electrons. The molecule has 0 unspecified atom stereocenters. The third-order valence-corrected chi connectivity index (χ3v) is 6.37. The summed E-state index contributed by atoms with van der Waals surface area (Å²) in [6, 6.07) is 8.82. The number of halogens is 2. The molecule has 9 heteroatoms. The Kier molecular flexibility index (Phi) is 4.48. The Bertz CT molecular complexity index is 1250. The number of carboxylic acid groups (broad SMARTS) is 1. The molecule has 2 aromatic carbocycles. The first-order chi connectivity index (χ1) is 15.1. The van der Waals surface area contributed by atoms with Gasteiger partial charge in [0.05, 0.1) is 18.2 Å². The van der Waals surface area contributed by atoms with Crippen LogP contribution in [0.4, 0.5) is 13.6 Å². The summed E-state index contributed by atoms with van der Waals surface area (Å²) in [4.78, 5) is 16.0. The van der Waals surface area contributed by atoms with Crippen LogP contribution in [0.5, 0.6) is 5.75 Å². The molecule has 1 spiro atoms. The summed E-state index contributed by atoms with van der Waals surface area (Å²) >= 11 is 0. The summed E-state index contributed by atoms with van der Waals surface area (Å²) in [5.74, 6) is -1.85. The molecule has 0 bridgehead atoms. The number of fused-ring (bicyclic) bond motifs is 4. The van der Waals surface area contributed by atoms with Gasteiger partial charge in [0.2, 0.25) is 0 Å². The molecular weight excluding hydrogens is 422 g/mol. The van der Waals surface area contributed by atoms with Gasteiger partial charge in [0.1, 0.15) is 11.4 Å². The summed E-state index contributed by atoms with van der Waals surface area (Å²) in [6.07, 6.45) is -0.930. The van der Waals surface area contributed by atoms with E-state index < -0.39 is 34.8 Å². The van der Waals surface area contributed by atoms with Gasteiger partial charge >= 0.3 is 6.09 Å². The number of amides is 1. The Hall–Kier alpha value is -3.17. The summed E-state index contributed by atoms with van der Waals surface area (Å²) in [6.45, 7) is 4.33. The van der Waals surface area contributed by atoms with E-state index >= 15 is 0 Å². The van der Waals surface area contributed by atoms with E-state index in [1.165, 1.54) is 6.07 Å². The predicted molar refractivity (Wildman–Crippen MR) is 111 cm³/mol. The van der Waals surface area contributed by atoms with Gasteiger partial charge in [-0.15, -0.1) is 0 Å².